The van der Waals surface area contributed by atoms with Gasteiger partial charge in [-0.3, -0.25) is 4.68 Å². The van der Waals surface area contributed by atoms with Crippen LogP contribution in [0.1, 0.15) is 5.69 Å². The second kappa shape index (κ2) is 5.74. The molecule has 108 valence electrons. The van der Waals surface area contributed by atoms with Crippen molar-refractivity contribution in [2.45, 2.75) is 12.9 Å². The molecule has 0 aliphatic rings. The van der Waals surface area contributed by atoms with E-state index in [1.165, 1.54) is 12.1 Å². The van der Waals surface area contributed by atoms with E-state index >= 15 is 0 Å². The van der Waals surface area contributed by atoms with Crippen molar-refractivity contribution in [3.05, 3.63) is 40.6 Å². The van der Waals surface area contributed by atoms with Crippen LogP contribution in [0, 0.1) is 0 Å². The largest absolute Gasteiger partial charge is 0.573 e. The molecule has 0 bridgehead atoms. The van der Waals surface area contributed by atoms with Gasteiger partial charge in [-0.1, -0.05) is 15.9 Å². The molecule has 1 aromatic heterocycles. The summed E-state index contributed by atoms with van der Waals surface area (Å²) in [4.78, 5) is 0. The Morgan fingerprint density at radius 1 is 1.35 bits per heavy atom. The van der Waals surface area contributed by atoms with Crippen LogP contribution in [0.3, 0.4) is 0 Å². The summed E-state index contributed by atoms with van der Waals surface area (Å²) in [7, 11) is 1.76. The molecule has 0 spiro atoms. The van der Waals surface area contributed by atoms with Crippen LogP contribution in [-0.4, -0.2) is 16.1 Å². The Kier molecular flexibility index (Phi) is 4.22. The molecule has 8 heteroatoms. The molecule has 0 aliphatic carbocycles. The molecular formula is C12H11BrF3N3O. The summed E-state index contributed by atoms with van der Waals surface area (Å²) >= 11 is 3.12. The number of hydrogen-bond donors (Lipinski definition) is 1. The Balaban J connectivity index is 2.16. The number of nitrogens with zero attached hydrogens (tertiary/aromatic N) is 2. The first-order valence-electron chi connectivity index (χ1n) is 5.61. The van der Waals surface area contributed by atoms with Crippen molar-refractivity contribution < 1.29 is 17.9 Å². The fourth-order valence-electron chi connectivity index (χ4n) is 1.61. The summed E-state index contributed by atoms with van der Waals surface area (Å²) in [5, 5.41) is 6.88. The SMILES string of the molecule is Cn1nccc1CNc1ccc(Br)cc1OC(F)(F)F. The normalized spacial score (nSPS) is 11.4. The molecule has 0 amide bonds. The van der Waals surface area contributed by atoms with E-state index in [4.69, 9.17) is 0 Å². The predicted octanol–water partition coefficient (Wildman–Crippen LogP) is 3.69. The maximum atomic E-state index is 12.4. The zero-order valence-electron chi connectivity index (χ0n) is 10.4. The van der Waals surface area contributed by atoms with Gasteiger partial charge in [0.25, 0.3) is 0 Å². The number of hydrogen-bond acceptors (Lipinski definition) is 3. The molecule has 4 nitrogen and oxygen atoms in total. The monoisotopic (exact) mass is 349 g/mol. The van der Waals surface area contributed by atoms with Crippen LogP contribution in [0.25, 0.3) is 0 Å². The van der Waals surface area contributed by atoms with Crippen molar-refractivity contribution in [2.75, 3.05) is 5.32 Å². The maximum absolute atomic E-state index is 12.4. The quantitative estimate of drug-likeness (QED) is 0.914. The molecule has 2 rings (SSSR count). The third-order valence-corrected chi connectivity index (χ3v) is 3.05. The van der Waals surface area contributed by atoms with Gasteiger partial charge in [0.05, 0.1) is 17.9 Å². The number of halogens is 4. The van der Waals surface area contributed by atoms with E-state index in [0.717, 1.165) is 5.69 Å². The third-order valence-electron chi connectivity index (χ3n) is 2.55. The Bertz CT molecular complexity index is 598. The van der Waals surface area contributed by atoms with E-state index in [-0.39, 0.29) is 11.4 Å². The van der Waals surface area contributed by atoms with Gasteiger partial charge in [-0.25, -0.2) is 0 Å². The van der Waals surface area contributed by atoms with Gasteiger partial charge in [-0.05, 0) is 24.3 Å². The van der Waals surface area contributed by atoms with Crippen LogP contribution in [0.4, 0.5) is 18.9 Å². The first-order valence-corrected chi connectivity index (χ1v) is 6.40. The van der Waals surface area contributed by atoms with Crippen molar-refractivity contribution in [1.82, 2.24) is 9.78 Å². The lowest BCUT2D eigenvalue weighted by Crippen LogP contribution is -2.18. The third kappa shape index (κ3) is 3.89. The van der Waals surface area contributed by atoms with Crippen molar-refractivity contribution in [1.29, 1.82) is 0 Å². The fraction of sp³-hybridized carbons (Fsp3) is 0.250. The zero-order valence-corrected chi connectivity index (χ0v) is 12.0. The Labute approximate surface area is 121 Å². The van der Waals surface area contributed by atoms with Crippen LogP contribution in [-0.2, 0) is 13.6 Å². The first-order chi connectivity index (χ1) is 9.35. The number of aryl methyl sites for hydroxylation is 1. The van der Waals surface area contributed by atoms with E-state index in [2.05, 4.69) is 31.1 Å². The van der Waals surface area contributed by atoms with Crippen LogP contribution in [0.15, 0.2) is 34.9 Å². The van der Waals surface area contributed by atoms with Crippen LogP contribution in [0.5, 0.6) is 5.75 Å². The van der Waals surface area contributed by atoms with Gasteiger partial charge in [0.15, 0.2) is 5.75 Å². The highest BCUT2D eigenvalue weighted by atomic mass is 79.9. The lowest BCUT2D eigenvalue weighted by Gasteiger charge is -2.15. The zero-order chi connectivity index (χ0) is 14.8. The summed E-state index contributed by atoms with van der Waals surface area (Å²) in [6.45, 7) is 0.340. The summed E-state index contributed by atoms with van der Waals surface area (Å²) in [6, 6.07) is 6.19. The Morgan fingerprint density at radius 2 is 2.10 bits per heavy atom. The van der Waals surface area contributed by atoms with E-state index in [1.54, 1.807) is 30.1 Å². The number of alkyl halides is 3. The smallest absolute Gasteiger partial charge is 0.404 e. The topological polar surface area (TPSA) is 39.1 Å². The minimum atomic E-state index is -4.73. The summed E-state index contributed by atoms with van der Waals surface area (Å²) in [6.07, 6.45) is -3.12. The average molecular weight is 350 g/mol. The molecule has 0 radical (unpaired) electrons. The van der Waals surface area contributed by atoms with Gasteiger partial charge in [0.2, 0.25) is 0 Å². The molecule has 0 atom stereocenters. The van der Waals surface area contributed by atoms with Gasteiger partial charge in [-0.15, -0.1) is 13.2 Å². The number of rotatable bonds is 4. The molecule has 1 aromatic carbocycles. The Morgan fingerprint density at radius 3 is 2.70 bits per heavy atom. The molecular weight excluding hydrogens is 339 g/mol. The fourth-order valence-corrected chi connectivity index (χ4v) is 1.95. The molecule has 0 aliphatic heterocycles. The van der Waals surface area contributed by atoms with E-state index < -0.39 is 6.36 Å². The highest BCUT2D eigenvalue weighted by molar-refractivity contribution is 9.10. The second-order valence-electron chi connectivity index (χ2n) is 3.99. The molecule has 2 aromatic rings. The minimum Gasteiger partial charge on any atom is -0.404 e. The highest BCUT2D eigenvalue weighted by Crippen LogP contribution is 2.33. The number of anilines is 1. The Hall–Kier alpha value is -1.70. The van der Waals surface area contributed by atoms with E-state index in [0.29, 0.717) is 11.0 Å². The molecule has 1 N–H and O–H groups in total. The summed E-state index contributed by atoms with van der Waals surface area (Å²) in [5.74, 6) is -0.283. The minimum absolute atomic E-state index is 0.256. The summed E-state index contributed by atoms with van der Waals surface area (Å²) in [5.41, 5.74) is 1.10. The number of nitrogens with one attached hydrogen (secondary N) is 1. The second-order valence-corrected chi connectivity index (χ2v) is 4.90. The van der Waals surface area contributed by atoms with E-state index in [9.17, 15) is 13.2 Å². The molecule has 0 saturated carbocycles. The average Bonchev–Trinajstić information content (AvgIpc) is 2.72. The number of aromatic nitrogens is 2. The number of ether oxygens (including phenoxy) is 1. The van der Waals surface area contributed by atoms with Gasteiger partial charge in [-0.2, -0.15) is 5.10 Å². The van der Waals surface area contributed by atoms with Gasteiger partial charge >= 0.3 is 6.36 Å². The molecule has 0 saturated heterocycles. The lowest BCUT2D eigenvalue weighted by atomic mass is 10.3. The van der Waals surface area contributed by atoms with Crippen molar-refractivity contribution in [3.63, 3.8) is 0 Å². The predicted molar refractivity (Wildman–Crippen MR) is 71.4 cm³/mol. The van der Waals surface area contributed by atoms with Crippen molar-refractivity contribution >= 4 is 21.6 Å². The molecule has 1 heterocycles. The van der Waals surface area contributed by atoms with Crippen LogP contribution >= 0.6 is 15.9 Å². The molecule has 20 heavy (non-hydrogen) atoms. The van der Waals surface area contributed by atoms with Crippen molar-refractivity contribution in [3.8, 4) is 5.75 Å². The van der Waals surface area contributed by atoms with Gasteiger partial charge in [0, 0.05) is 17.7 Å². The highest BCUT2D eigenvalue weighted by Gasteiger charge is 2.32. The van der Waals surface area contributed by atoms with Crippen LogP contribution in [0.2, 0.25) is 0 Å². The number of benzene rings is 1. The van der Waals surface area contributed by atoms with Gasteiger partial charge in [0.1, 0.15) is 0 Å². The standard InChI is InChI=1S/C12H11BrF3N3O/c1-19-9(4-5-18-19)7-17-10-3-2-8(13)6-11(10)20-12(14,15)16/h2-6,17H,7H2,1H3. The first kappa shape index (κ1) is 14.7. The van der Waals surface area contributed by atoms with Gasteiger partial charge < -0.3 is 10.1 Å². The van der Waals surface area contributed by atoms with E-state index in [1.807, 2.05) is 0 Å². The molecule has 0 fully saturated rings. The summed E-state index contributed by atoms with van der Waals surface area (Å²) < 4.78 is 43.2. The molecule has 0 unspecified atom stereocenters. The van der Waals surface area contributed by atoms with Crippen molar-refractivity contribution in [2.24, 2.45) is 7.05 Å². The maximum Gasteiger partial charge on any atom is 0.573 e. The lowest BCUT2D eigenvalue weighted by molar-refractivity contribution is -0.274. The van der Waals surface area contributed by atoms with Crippen LogP contribution < -0.4 is 10.1 Å².